The predicted molar refractivity (Wildman–Crippen MR) is 55.7 cm³/mol. The summed E-state index contributed by atoms with van der Waals surface area (Å²) in [6.07, 6.45) is -4.32. The van der Waals surface area contributed by atoms with Gasteiger partial charge in [-0.25, -0.2) is 0 Å². The van der Waals surface area contributed by atoms with Crippen LogP contribution in [0.25, 0.3) is 11.1 Å². The predicted octanol–water partition coefficient (Wildman–Crippen LogP) is 1.18. The molecule has 0 atom stereocenters. The van der Waals surface area contributed by atoms with E-state index in [-0.39, 0.29) is 18.9 Å². The first kappa shape index (κ1) is 13.9. The van der Waals surface area contributed by atoms with Crippen molar-refractivity contribution < 1.29 is 32.0 Å². The van der Waals surface area contributed by atoms with E-state index in [0.29, 0.717) is 0 Å². The summed E-state index contributed by atoms with van der Waals surface area (Å²) >= 11 is 0. The van der Waals surface area contributed by atoms with Gasteiger partial charge in [-0.15, -0.1) is 5.56 Å². The quantitative estimate of drug-likeness (QED) is 0.508. The van der Waals surface area contributed by atoms with Crippen molar-refractivity contribution in [2.45, 2.75) is 6.18 Å². The minimum absolute atomic E-state index is 0. The van der Waals surface area contributed by atoms with Gasteiger partial charge in [0.15, 0.2) is 0 Å². The van der Waals surface area contributed by atoms with Gasteiger partial charge < -0.3 is 0 Å². The average Bonchev–Trinajstić information content (AvgIpc) is 2.29. The zero-order chi connectivity index (χ0) is 11.6. The van der Waals surface area contributed by atoms with Crippen molar-refractivity contribution in [1.29, 1.82) is 0 Å². The van der Waals surface area contributed by atoms with E-state index in [2.05, 4.69) is 6.07 Å². The molecule has 0 aliphatic rings. The molecule has 0 aliphatic heterocycles. The molecule has 0 radical (unpaired) electrons. The standard InChI is InChI=1S/C13H8F3.Li/c14-13(15,16)12-8-6-11(7-9-12)10-4-2-1-3-5-10;/h1-8H;/q-1;+1. The van der Waals surface area contributed by atoms with Crippen molar-refractivity contribution >= 4 is 0 Å². The van der Waals surface area contributed by atoms with Gasteiger partial charge >= 0.3 is 25.0 Å². The summed E-state index contributed by atoms with van der Waals surface area (Å²) in [6, 6.07) is 15.3. The summed E-state index contributed by atoms with van der Waals surface area (Å²) in [7, 11) is 0. The smallest absolute Gasteiger partial charge is 0.171 e. The normalized spacial score (nSPS) is 10.8. The molecule has 0 N–H and O–H groups in total. The van der Waals surface area contributed by atoms with Crippen LogP contribution in [0.2, 0.25) is 0 Å². The molecule has 2 aromatic rings. The van der Waals surface area contributed by atoms with E-state index in [1.165, 1.54) is 12.1 Å². The minimum Gasteiger partial charge on any atom is -0.171 e. The summed E-state index contributed by atoms with van der Waals surface area (Å²) in [6.45, 7) is 0. The molecule has 0 saturated heterocycles. The van der Waals surface area contributed by atoms with Crippen LogP contribution in [0.3, 0.4) is 0 Å². The third-order valence-corrected chi connectivity index (χ3v) is 2.23. The largest absolute Gasteiger partial charge is 1.00 e. The molecule has 0 heterocycles. The molecule has 2 aromatic carbocycles. The van der Waals surface area contributed by atoms with Crippen LogP contribution >= 0.6 is 0 Å². The van der Waals surface area contributed by atoms with Gasteiger partial charge in [0.25, 0.3) is 0 Å². The number of hydrogen-bond acceptors (Lipinski definition) is 0. The Hall–Kier alpha value is -1.17. The van der Waals surface area contributed by atoms with E-state index in [0.717, 1.165) is 17.2 Å². The van der Waals surface area contributed by atoms with Crippen molar-refractivity contribution in [2.24, 2.45) is 0 Å². The van der Waals surface area contributed by atoms with Gasteiger partial charge in [0.1, 0.15) is 0 Å². The monoisotopic (exact) mass is 228 g/mol. The Balaban J connectivity index is 0.00000144. The molecule has 82 valence electrons. The molecule has 0 aliphatic carbocycles. The first-order valence-corrected chi connectivity index (χ1v) is 4.72. The second kappa shape index (κ2) is 5.44. The Morgan fingerprint density at radius 1 is 0.824 bits per heavy atom. The summed E-state index contributed by atoms with van der Waals surface area (Å²) in [5, 5.41) is 0. The van der Waals surface area contributed by atoms with Gasteiger partial charge in [-0.2, -0.15) is 37.4 Å². The van der Waals surface area contributed by atoms with Gasteiger partial charge in [-0.3, -0.25) is 0 Å². The molecule has 0 unspecified atom stereocenters. The molecule has 0 bridgehead atoms. The minimum atomic E-state index is -4.32. The van der Waals surface area contributed by atoms with Gasteiger partial charge in [-0.1, -0.05) is 41.5 Å². The van der Waals surface area contributed by atoms with E-state index in [4.69, 9.17) is 0 Å². The van der Waals surface area contributed by atoms with Gasteiger partial charge in [0.05, 0.1) is 0 Å². The van der Waals surface area contributed by atoms with Crippen molar-refractivity contribution in [3.63, 3.8) is 0 Å². The Morgan fingerprint density at radius 3 is 1.94 bits per heavy atom. The Bertz CT molecular complexity index is 460. The Kier molecular flexibility index (Phi) is 4.45. The van der Waals surface area contributed by atoms with Crippen molar-refractivity contribution in [3.8, 4) is 11.1 Å². The molecule has 0 nitrogen and oxygen atoms in total. The molecule has 0 amide bonds. The molecular weight excluding hydrogens is 220 g/mol. The first-order valence-electron chi connectivity index (χ1n) is 4.72. The van der Waals surface area contributed by atoms with E-state index < -0.39 is 11.7 Å². The molecule has 2 rings (SSSR count). The number of alkyl halides is 3. The van der Waals surface area contributed by atoms with Gasteiger partial charge in [0.2, 0.25) is 0 Å². The third-order valence-electron chi connectivity index (χ3n) is 2.23. The van der Waals surface area contributed by atoms with Crippen molar-refractivity contribution in [2.75, 3.05) is 0 Å². The first-order chi connectivity index (χ1) is 7.57. The number of hydrogen-bond donors (Lipinski definition) is 0. The molecule has 17 heavy (non-hydrogen) atoms. The molecule has 0 saturated carbocycles. The maximum Gasteiger partial charge on any atom is 1.00 e. The number of benzene rings is 2. The second-order valence-corrected chi connectivity index (χ2v) is 3.35. The summed E-state index contributed by atoms with van der Waals surface area (Å²) in [5.41, 5.74) is 0.869. The van der Waals surface area contributed by atoms with Crippen LogP contribution in [0.1, 0.15) is 5.56 Å². The topological polar surface area (TPSA) is 0 Å². The van der Waals surface area contributed by atoms with Crippen LogP contribution in [-0.4, -0.2) is 0 Å². The maximum atomic E-state index is 12.3. The zero-order valence-corrected chi connectivity index (χ0v) is 9.25. The fraction of sp³-hybridized carbons (Fsp3) is 0.0769. The molecular formula is C13H8F3Li. The van der Waals surface area contributed by atoms with Gasteiger partial charge in [0, 0.05) is 0 Å². The fourth-order valence-corrected chi connectivity index (χ4v) is 1.41. The van der Waals surface area contributed by atoms with Crippen LogP contribution < -0.4 is 18.9 Å². The zero-order valence-electron chi connectivity index (χ0n) is 9.25. The van der Waals surface area contributed by atoms with Crippen LogP contribution in [0.4, 0.5) is 13.2 Å². The van der Waals surface area contributed by atoms with Crippen molar-refractivity contribution in [1.82, 2.24) is 0 Å². The molecule has 0 aromatic heterocycles. The van der Waals surface area contributed by atoms with Crippen molar-refractivity contribution in [3.05, 3.63) is 60.2 Å². The molecule has 0 fully saturated rings. The number of halogens is 3. The second-order valence-electron chi connectivity index (χ2n) is 3.35. The van der Waals surface area contributed by atoms with E-state index in [1.54, 1.807) is 0 Å². The SMILES string of the molecule is FC(F)(F)c1[c-]cc(-c2ccccc2)cc1.[Li+]. The summed E-state index contributed by atoms with van der Waals surface area (Å²) in [5.74, 6) is 0. The molecule has 4 heteroatoms. The van der Waals surface area contributed by atoms with Crippen LogP contribution in [-0.2, 0) is 6.18 Å². The van der Waals surface area contributed by atoms with Gasteiger partial charge in [-0.05, 0) is 0 Å². The Labute approximate surface area is 110 Å². The Morgan fingerprint density at radius 2 is 1.47 bits per heavy atom. The number of rotatable bonds is 1. The van der Waals surface area contributed by atoms with Crippen LogP contribution in [0.5, 0.6) is 0 Å². The summed E-state index contributed by atoms with van der Waals surface area (Å²) < 4.78 is 36.9. The van der Waals surface area contributed by atoms with E-state index in [1.807, 2.05) is 30.3 Å². The average molecular weight is 228 g/mol. The maximum absolute atomic E-state index is 12.3. The molecule has 0 spiro atoms. The van der Waals surface area contributed by atoms with Crippen LogP contribution in [0, 0.1) is 6.07 Å². The van der Waals surface area contributed by atoms with E-state index >= 15 is 0 Å². The summed E-state index contributed by atoms with van der Waals surface area (Å²) in [4.78, 5) is 0. The fourth-order valence-electron chi connectivity index (χ4n) is 1.41. The third kappa shape index (κ3) is 3.39. The van der Waals surface area contributed by atoms with E-state index in [9.17, 15) is 13.2 Å². The van der Waals surface area contributed by atoms with Crippen LogP contribution in [0.15, 0.2) is 48.5 Å².